The number of carbonyl (C=O) groups is 1. The first-order valence-corrected chi connectivity index (χ1v) is 9.87. The normalized spacial score (nSPS) is 15.8. The first-order valence-electron chi connectivity index (χ1n) is 7.85. The summed E-state index contributed by atoms with van der Waals surface area (Å²) in [4.78, 5) is 14.9. The number of nitrogens with zero attached hydrogens (tertiary/aromatic N) is 1. The molecule has 2 aromatic rings. The largest absolute Gasteiger partial charge is 0.503 e. The molecule has 1 N–H and O–H groups in total. The van der Waals surface area contributed by atoms with Crippen LogP contribution in [0.4, 0.5) is 0 Å². The van der Waals surface area contributed by atoms with Crippen LogP contribution in [0.15, 0.2) is 51.8 Å². The van der Waals surface area contributed by atoms with Crippen LogP contribution in [-0.2, 0) is 11.2 Å². The Labute approximate surface area is 170 Å². The van der Waals surface area contributed by atoms with Gasteiger partial charge in [0.2, 0.25) is 0 Å². The monoisotopic (exact) mass is 449 g/mol. The van der Waals surface area contributed by atoms with Crippen LogP contribution >= 0.6 is 39.9 Å². The van der Waals surface area contributed by atoms with Crippen LogP contribution in [0.2, 0.25) is 0 Å². The highest BCUT2D eigenvalue weighted by atomic mass is 79.9. The number of carbonyl (C=O) groups excluding carboxylic acids is 1. The van der Waals surface area contributed by atoms with Crippen molar-refractivity contribution in [1.29, 1.82) is 0 Å². The molecule has 7 heteroatoms. The van der Waals surface area contributed by atoms with E-state index >= 15 is 0 Å². The van der Waals surface area contributed by atoms with Crippen LogP contribution in [0.1, 0.15) is 11.1 Å². The summed E-state index contributed by atoms with van der Waals surface area (Å²) in [7, 11) is 1.48. The van der Waals surface area contributed by atoms with Crippen molar-refractivity contribution in [3.63, 3.8) is 0 Å². The Balaban J connectivity index is 1.78. The van der Waals surface area contributed by atoms with Gasteiger partial charge in [-0.2, -0.15) is 0 Å². The highest BCUT2D eigenvalue weighted by molar-refractivity contribution is 9.10. The molecule has 26 heavy (non-hydrogen) atoms. The highest BCUT2D eigenvalue weighted by Gasteiger charge is 2.31. The third kappa shape index (κ3) is 4.11. The molecule has 0 aromatic heterocycles. The van der Waals surface area contributed by atoms with Crippen molar-refractivity contribution in [3.8, 4) is 11.5 Å². The summed E-state index contributed by atoms with van der Waals surface area (Å²) in [5, 5.41) is 9.90. The predicted octanol–water partition coefficient (Wildman–Crippen LogP) is 4.61. The van der Waals surface area contributed by atoms with Gasteiger partial charge in [0, 0.05) is 6.54 Å². The van der Waals surface area contributed by atoms with Crippen LogP contribution in [0.5, 0.6) is 11.5 Å². The molecule has 1 fully saturated rings. The maximum Gasteiger partial charge on any atom is 0.266 e. The average Bonchev–Trinajstić information content (AvgIpc) is 2.90. The van der Waals surface area contributed by atoms with E-state index in [9.17, 15) is 9.90 Å². The van der Waals surface area contributed by atoms with E-state index in [-0.39, 0.29) is 11.7 Å². The van der Waals surface area contributed by atoms with Crippen molar-refractivity contribution >= 4 is 56.2 Å². The number of rotatable bonds is 5. The molecule has 0 spiro atoms. The lowest BCUT2D eigenvalue weighted by molar-refractivity contribution is -0.122. The lowest BCUT2D eigenvalue weighted by Gasteiger charge is -2.14. The van der Waals surface area contributed by atoms with Gasteiger partial charge in [-0.1, -0.05) is 54.3 Å². The van der Waals surface area contributed by atoms with Crippen molar-refractivity contribution in [3.05, 3.63) is 63.0 Å². The van der Waals surface area contributed by atoms with Gasteiger partial charge >= 0.3 is 0 Å². The zero-order valence-electron chi connectivity index (χ0n) is 13.9. The summed E-state index contributed by atoms with van der Waals surface area (Å²) in [6.45, 7) is 0.550. The lowest BCUT2D eigenvalue weighted by Crippen LogP contribution is -2.30. The fourth-order valence-electron chi connectivity index (χ4n) is 2.56. The van der Waals surface area contributed by atoms with E-state index in [0.29, 0.717) is 26.0 Å². The van der Waals surface area contributed by atoms with Crippen molar-refractivity contribution in [2.24, 2.45) is 0 Å². The van der Waals surface area contributed by atoms with E-state index in [1.165, 1.54) is 18.9 Å². The molecule has 2 aromatic carbocycles. The molecular weight excluding hydrogens is 434 g/mol. The summed E-state index contributed by atoms with van der Waals surface area (Å²) in [6, 6.07) is 13.4. The minimum Gasteiger partial charge on any atom is -0.503 e. The second-order valence-corrected chi connectivity index (χ2v) is 8.15. The SMILES string of the molecule is COc1cc(/C=C2\SC(=S)N(CCc3ccccc3)C2=O)cc(Br)c1O. The molecule has 0 atom stereocenters. The quantitative estimate of drug-likeness (QED) is 0.533. The summed E-state index contributed by atoms with van der Waals surface area (Å²) in [5.74, 6) is 0.268. The van der Waals surface area contributed by atoms with Gasteiger partial charge < -0.3 is 9.84 Å². The van der Waals surface area contributed by atoms with E-state index in [1.54, 1.807) is 23.1 Å². The number of phenols is 1. The van der Waals surface area contributed by atoms with Gasteiger partial charge in [0.1, 0.15) is 4.32 Å². The van der Waals surface area contributed by atoms with Crippen LogP contribution < -0.4 is 4.74 Å². The first-order chi connectivity index (χ1) is 12.5. The standard InChI is InChI=1S/C19H16BrNO3S2/c1-24-15-10-13(9-14(20)17(15)22)11-16-18(23)21(19(25)26-16)8-7-12-5-3-2-4-6-12/h2-6,9-11,22H,7-8H2,1H3/b16-11-. The van der Waals surface area contributed by atoms with E-state index in [0.717, 1.165) is 17.5 Å². The molecule has 0 aliphatic carbocycles. The molecular formula is C19H16BrNO3S2. The lowest BCUT2D eigenvalue weighted by atomic mass is 10.1. The number of amides is 1. The fraction of sp³-hybridized carbons (Fsp3) is 0.158. The number of benzene rings is 2. The average molecular weight is 450 g/mol. The molecule has 4 nitrogen and oxygen atoms in total. The van der Waals surface area contributed by atoms with Crippen LogP contribution in [0.3, 0.4) is 0 Å². The maximum absolute atomic E-state index is 12.7. The number of hydrogen-bond acceptors (Lipinski definition) is 5. The van der Waals surface area contributed by atoms with Gasteiger partial charge in [0.05, 0.1) is 16.5 Å². The minimum absolute atomic E-state index is 0.0278. The third-order valence-corrected chi connectivity index (χ3v) is 5.89. The summed E-state index contributed by atoms with van der Waals surface area (Å²) in [5.41, 5.74) is 1.91. The number of hydrogen-bond donors (Lipinski definition) is 1. The number of aromatic hydroxyl groups is 1. The van der Waals surface area contributed by atoms with Gasteiger partial charge in [-0.25, -0.2) is 0 Å². The smallest absolute Gasteiger partial charge is 0.266 e. The molecule has 0 bridgehead atoms. The van der Waals surface area contributed by atoms with E-state index in [1.807, 2.05) is 30.3 Å². The van der Waals surface area contributed by atoms with Crippen LogP contribution in [-0.4, -0.2) is 33.9 Å². The van der Waals surface area contributed by atoms with Crippen molar-refractivity contribution < 1.29 is 14.6 Å². The first kappa shape index (κ1) is 18.9. The Morgan fingerprint density at radius 2 is 2.04 bits per heavy atom. The Hall–Kier alpha value is -1.83. The molecule has 0 radical (unpaired) electrons. The van der Waals surface area contributed by atoms with Crippen LogP contribution in [0.25, 0.3) is 6.08 Å². The van der Waals surface area contributed by atoms with Crippen molar-refractivity contribution in [2.75, 3.05) is 13.7 Å². The van der Waals surface area contributed by atoms with Gasteiger partial charge in [-0.3, -0.25) is 9.69 Å². The molecule has 1 aliphatic heterocycles. The molecule has 1 heterocycles. The van der Waals surface area contributed by atoms with Crippen LogP contribution in [0, 0.1) is 0 Å². The van der Waals surface area contributed by atoms with Gasteiger partial charge in [-0.15, -0.1) is 0 Å². The number of phenolic OH excluding ortho intramolecular Hbond substituents is 1. The van der Waals surface area contributed by atoms with Crippen molar-refractivity contribution in [2.45, 2.75) is 6.42 Å². The number of thioether (sulfide) groups is 1. The molecule has 0 saturated carbocycles. The topological polar surface area (TPSA) is 49.8 Å². The Kier molecular flexibility index (Phi) is 6.01. The zero-order chi connectivity index (χ0) is 18.7. The van der Waals surface area contributed by atoms with E-state index in [4.69, 9.17) is 17.0 Å². The molecule has 0 unspecified atom stereocenters. The zero-order valence-corrected chi connectivity index (χ0v) is 17.2. The molecule has 3 rings (SSSR count). The minimum atomic E-state index is -0.0981. The Bertz CT molecular complexity index is 884. The fourth-order valence-corrected chi connectivity index (χ4v) is 4.33. The number of halogens is 1. The third-order valence-electron chi connectivity index (χ3n) is 3.91. The molecule has 1 amide bonds. The van der Waals surface area contributed by atoms with Gasteiger partial charge in [-0.05, 0) is 51.7 Å². The summed E-state index contributed by atoms with van der Waals surface area (Å²) < 4.78 is 6.21. The van der Waals surface area contributed by atoms with Crippen molar-refractivity contribution in [1.82, 2.24) is 4.90 Å². The number of thiocarbonyl (C=S) groups is 1. The molecule has 1 aliphatic rings. The highest BCUT2D eigenvalue weighted by Crippen LogP contribution is 2.38. The molecule has 1 saturated heterocycles. The number of ether oxygens (including phenoxy) is 1. The Morgan fingerprint density at radius 1 is 1.31 bits per heavy atom. The van der Waals surface area contributed by atoms with E-state index in [2.05, 4.69) is 15.9 Å². The number of methoxy groups -OCH3 is 1. The van der Waals surface area contributed by atoms with E-state index < -0.39 is 0 Å². The molecule has 134 valence electrons. The second kappa shape index (κ2) is 8.24. The summed E-state index contributed by atoms with van der Waals surface area (Å²) >= 11 is 9.95. The predicted molar refractivity (Wildman–Crippen MR) is 112 cm³/mol. The van der Waals surface area contributed by atoms with Gasteiger partial charge in [0.25, 0.3) is 5.91 Å². The Morgan fingerprint density at radius 3 is 2.73 bits per heavy atom. The second-order valence-electron chi connectivity index (χ2n) is 5.62. The maximum atomic E-state index is 12.7. The summed E-state index contributed by atoms with van der Waals surface area (Å²) in [6.07, 6.45) is 2.51. The van der Waals surface area contributed by atoms with Gasteiger partial charge in [0.15, 0.2) is 11.5 Å².